The molecule has 0 bridgehead atoms. The zero-order valence-corrected chi connectivity index (χ0v) is 23.3. The number of rotatable bonds is 5. The second-order valence-corrected chi connectivity index (χ2v) is 12.6. The van der Waals surface area contributed by atoms with E-state index in [9.17, 15) is 5.11 Å². The first kappa shape index (κ1) is 25.4. The molecule has 0 radical (unpaired) electrons. The summed E-state index contributed by atoms with van der Waals surface area (Å²) in [5.74, 6) is 1.83. The zero-order valence-electron chi connectivity index (χ0n) is 21.7. The molecule has 5 heteroatoms. The van der Waals surface area contributed by atoms with Gasteiger partial charge in [-0.2, -0.15) is 0 Å². The molecule has 0 spiro atoms. The van der Waals surface area contributed by atoms with Crippen molar-refractivity contribution in [1.29, 1.82) is 0 Å². The van der Waals surface area contributed by atoms with Crippen molar-refractivity contribution in [3.05, 3.63) is 95.5 Å². The first-order chi connectivity index (χ1) is 17.7. The van der Waals surface area contributed by atoms with Gasteiger partial charge in [-0.1, -0.05) is 93.0 Å². The molecule has 0 saturated heterocycles. The van der Waals surface area contributed by atoms with Gasteiger partial charge in [0.05, 0.1) is 14.2 Å². The van der Waals surface area contributed by atoms with Gasteiger partial charge in [0.25, 0.3) is 0 Å². The van der Waals surface area contributed by atoms with Gasteiger partial charge in [0.15, 0.2) is 0 Å². The quantitative estimate of drug-likeness (QED) is 0.241. The van der Waals surface area contributed by atoms with Crippen LogP contribution in [0.15, 0.2) is 84.9 Å². The molecule has 3 nitrogen and oxygen atoms in total. The van der Waals surface area contributed by atoms with E-state index in [4.69, 9.17) is 21.1 Å². The highest BCUT2D eigenvalue weighted by molar-refractivity contribution is 7.80. The maximum absolute atomic E-state index is 11.8. The number of fused-ring (bicyclic) bond motifs is 2. The Kier molecular flexibility index (Phi) is 6.79. The molecule has 188 valence electrons. The molecule has 5 rings (SSSR count). The van der Waals surface area contributed by atoms with Gasteiger partial charge in [0.1, 0.15) is 17.2 Å². The highest BCUT2D eigenvalue weighted by Crippen LogP contribution is 2.47. The number of phenols is 1. The third-order valence-corrected chi connectivity index (χ3v) is 9.42. The van der Waals surface area contributed by atoms with Crippen molar-refractivity contribution in [1.82, 2.24) is 0 Å². The van der Waals surface area contributed by atoms with E-state index < -0.39 is 7.92 Å². The summed E-state index contributed by atoms with van der Waals surface area (Å²) in [7, 11) is 2.08. The Morgan fingerprint density at radius 1 is 0.676 bits per heavy atom. The molecule has 5 aromatic rings. The SMILES string of the molecule is COc1c(P(c2cc(Cl)cc(C(C)(C)C)c2O)c2ccc3ccccc3c2OC)ccc2ccccc12. The minimum absolute atomic E-state index is 0.258. The molecule has 0 amide bonds. The third kappa shape index (κ3) is 4.52. The van der Waals surface area contributed by atoms with Crippen molar-refractivity contribution in [2.45, 2.75) is 26.2 Å². The lowest BCUT2D eigenvalue weighted by Crippen LogP contribution is -2.25. The first-order valence-corrected chi connectivity index (χ1v) is 13.9. The normalized spacial score (nSPS) is 11.9. The number of benzene rings is 5. The standard InChI is InChI=1S/C32H30ClO3P/c1-32(2,3)25-18-22(33)19-28(29(25)34)37(26-16-14-20-10-6-8-12-23(20)30(26)35-4)27-17-15-21-11-7-9-13-24(21)31(27)36-5/h6-19,34H,1-5H3. The molecule has 0 aliphatic carbocycles. The van der Waals surface area contributed by atoms with Crippen molar-refractivity contribution in [2.75, 3.05) is 14.2 Å². The fraction of sp³-hybridized carbons (Fsp3) is 0.188. The van der Waals surface area contributed by atoms with Crippen LogP contribution < -0.4 is 25.4 Å². The maximum Gasteiger partial charge on any atom is 0.135 e. The van der Waals surface area contributed by atoms with E-state index in [1.807, 2.05) is 36.4 Å². The third-order valence-electron chi connectivity index (χ3n) is 6.71. The van der Waals surface area contributed by atoms with Crippen molar-refractivity contribution in [2.24, 2.45) is 0 Å². The Bertz CT molecular complexity index is 1530. The van der Waals surface area contributed by atoms with Gasteiger partial charge < -0.3 is 14.6 Å². The Balaban J connectivity index is 1.91. The Morgan fingerprint density at radius 2 is 1.16 bits per heavy atom. The Hall–Kier alpha value is -3.26. The Morgan fingerprint density at radius 3 is 1.62 bits per heavy atom. The number of halogens is 1. The number of hydrogen-bond acceptors (Lipinski definition) is 3. The summed E-state index contributed by atoms with van der Waals surface area (Å²) in [6.07, 6.45) is 0. The number of aromatic hydroxyl groups is 1. The highest BCUT2D eigenvalue weighted by Gasteiger charge is 2.31. The smallest absolute Gasteiger partial charge is 0.135 e. The van der Waals surface area contributed by atoms with E-state index in [0.717, 1.165) is 54.5 Å². The maximum atomic E-state index is 11.8. The summed E-state index contributed by atoms with van der Waals surface area (Å²) in [5.41, 5.74) is 0.507. The summed E-state index contributed by atoms with van der Waals surface area (Å²) in [6.45, 7) is 6.24. The summed E-state index contributed by atoms with van der Waals surface area (Å²) in [6, 6.07) is 28.6. The zero-order chi connectivity index (χ0) is 26.3. The minimum Gasteiger partial charge on any atom is -0.507 e. The predicted octanol–water partition coefficient (Wildman–Crippen LogP) is 7.42. The van der Waals surface area contributed by atoms with E-state index in [0.29, 0.717) is 5.02 Å². The molecular weight excluding hydrogens is 499 g/mol. The minimum atomic E-state index is -1.33. The van der Waals surface area contributed by atoms with Crippen LogP contribution in [-0.4, -0.2) is 19.3 Å². The van der Waals surface area contributed by atoms with Crippen molar-refractivity contribution in [3.8, 4) is 17.2 Å². The van der Waals surface area contributed by atoms with Gasteiger partial charge in [-0.15, -0.1) is 0 Å². The van der Waals surface area contributed by atoms with Crippen LogP contribution in [-0.2, 0) is 5.41 Å². The van der Waals surface area contributed by atoms with Crippen LogP contribution in [0.1, 0.15) is 26.3 Å². The van der Waals surface area contributed by atoms with Crippen molar-refractivity contribution >= 4 is 57.0 Å². The molecule has 0 aromatic heterocycles. The molecule has 0 saturated carbocycles. The first-order valence-electron chi connectivity index (χ1n) is 12.2. The van der Waals surface area contributed by atoms with Gasteiger partial charge in [-0.3, -0.25) is 0 Å². The van der Waals surface area contributed by atoms with E-state index in [1.54, 1.807) is 14.2 Å². The molecule has 0 aliphatic heterocycles. The topological polar surface area (TPSA) is 38.7 Å². The molecule has 0 unspecified atom stereocenters. The number of methoxy groups -OCH3 is 2. The fourth-order valence-electron chi connectivity index (χ4n) is 4.96. The molecule has 1 N–H and O–H groups in total. The van der Waals surface area contributed by atoms with Crippen LogP contribution in [0.5, 0.6) is 17.2 Å². The highest BCUT2D eigenvalue weighted by atomic mass is 35.5. The number of hydrogen-bond donors (Lipinski definition) is 1. The average Bonchev–Trinajstić information content (AvgIpc) is 2.89. The van der Waals surface area contributed by atoms with Gasteiger partial charge in [0, 0.05) is 37.3 Å². The van der Waals surface area contributed by atoms with Gasteiger partial charge in [-0.05, 0) is 48.4 Å². The fourth-order valence-corrected chi connectivity index (χ4v) is 7.91. The lowest BCUT2D eigenvalue weighted by atomic mass is 9.86. The average molecular weight is 529 g/mol. The Labute approximate surface area is 224 Å². The second-order valence-electron chi connectivity index (χ2n) is 10.1. The molecule has 5 aromatic carbocycles. The van der Waals surface area contributed by atoms with Crippen molar-refractivity contribution in [3.63, 3.8) is 0 Å². The second kappa shape index (κ2) is 9.89. The molecule has 0 atom stereocenters. The van der Waals surface area contributed by atoms with E-state index in [1.165, 1.54) is 0 Å². The van der Waals surface area contributed by atoms with Crippen LogP contribution in [0.4, 0.5) is 0 Å². The predicted molar refractivity (Wildman–Crippen MR) is 159 cm³/mol. The number of ether oxygens (including phenoxy) is 2. The molecule has 0 heterocycles. The van der Waals surface area contributed by atoms with Crippen LogP contribution >= 0.6 is 19.5 Å². The van der Waals surface area contributed by atoms with Gasteiger partial charge >= 0.3 is 0 Å². The van der Waals surface area contributed by atoms with Crippen LogP contribution in [0.3, 0.4) is 0 Å². The van der Waals surface area contributed by atoms with Crippen LogP contribution in [0.25, 0.3) is 21.5 Å². The van der Waals surface area contributed by atoms with Crippen molar-refractivity contribution < 1.29 is 14.6 Å². The number of phenolic OH excluding ortho intramolecular Hbond substituents is 1. The summed E-state index contributed by atoms with van der Waals surface area (Å²) < 4.78 is 12.1. The monoisotopic (exact) mass is 528 g/mol. The summed E-state index contributed by atoms with van der Waals surface area (Å²) in [5, 5.41) is 19.3. The molecular formula is C32H30ClO3P. The largest absolute Gasteiger partial charge is 0.507 e. The van der Waals surface area contributed by atoms with Gasteiger partial charge in [-0.25, -0.2) is 0 Å². The van der Waals surface area contributed by atoms with Crippen LogP contribution in [0.2, 0.25) is 5.02 Å². The molecule has 0 fully saturated rings. The molecule has 37 heavy (non-hydrogen) atoms. The van der Waals surface area contributed by atoms with Gasteiger partial charge in [0.2, 0.25) is 0 Å². The van der Waals surface area contributed by atoms with E-state index >= 15 is 0 Å². The lowest BCUT2D eigenvalue weighted by Gasteiger charge is -2.28. The van der Waals surface area contributed by atoms with E-state index in [-0.39, 0.29) is 11.2 Å². The van der Waals surface area contributed by atoms with Crippen LogP contribution in [0, 0.1) is 0 Å². The van der Waals surface area contributed by atoms with E-state index in [2.05, 4.69) is 69.3 Å². The lowest BCUT2D eigenvalue weighted by molar-refractivity contribution is 0.422. The molecule has 0 aliphatic rings. The summed E-state index contributed by atoms with van der Waals surface area (Å²) in [4.78, 5) is 0. The summed E-state index contributed by atoms with van der Waals surface area (Å²) >= 11 is 6.72.